The molecule has 0 aliphatic carbocycles. The van der Waals surface area contributed by atoms with E-state index in [1.807, 2.05) is 29.2 Å². The van der Waals surface area contributed by atoms with Crippen molar-refractivity contribution < 1.29 is 4.79 Å². The number of hydrogen-bond donors (Lipinski definition) is 0. The number of benzene rings is 1. The molecule has 92 valence electrons. The van der Waals surface area contributed by atoms with Crippen LogP contribution in [0.15, 0.2) is 29.2 Å². The average Bonchev–Trinajstić information content (AvgIpc) is 2.85. The monoisotopic (exact) mass is 269 g/mol. The van der Waals surface area contributed by atoms with Crippen LogP contribution in [0.2, 0.25) is 5.02 Å². The zero-order chi connectivity index (χ0) is 12.1. The predicted octanol–water partition coefficient (Wildman–Crippen LogP) is 3.44. The molecule has 1 amide bonds. The van der Waals surface area contributed by atoms with E-state index >= 15 is 0 Å². The largest absolute Gasteiger partial charge is 0.343 e. The van der Waals surface area contributed by atoms with Gasteiger partial charge in [-0.25, -0.2) is 0 Å². The van der Waals surface area contributed by atoms with E-state index in [2.05, 4.69) is 0 Å². The second-order valence-corrected chi connectivity index (χ2v) is 5.66. The van der Waals surface area contributed by atoms with E-state index in [0.717, 1.165) is 41.6 Å². The first kappa shape index (κ1) is 12.8. The van der Waals surface area contributed by atoms with E-state index in [4.69, 9.17) is 11.6 Å². The highest BCUT2D eigenvalue weighted by Crippen LogP contribution is 2.27. The molecule has 0 saturated carbocycles. The first-order valence-electron chi connectivity index (χ1n) is 5.92. The Morgan fingerprint density at radius 3 is 2.71 bits per heavy atom. The van der Waals surface area contributed by atoms with Crippen molar-refractivity contribution in [3.8, 4) is 0 Å². The summed E-state index contributed by atoms with van der Waals surface area (Å²) in [5.74, 6) is 1.08. The van der Waals surface area contributed by atoms with Crippen LogP contribution in [-0.4, -0.2) is 29.6 Å². The molecule has 1 aliphatic heterocycles. The van der Waals surface area contributed by atoms with Gasteiger partial charge in [0.15, 0.2) is 0 Å². The van der Waals surface area contributed by atoms with Crippen molar-refractivity contribution in [3.05, 3.63) is 29.3 Å². The van der Waals surface area contributed by atoms with Gasteiger partial charge < -0.3 is 4.90 Å². The Balaban J connectivity index is 1.76. The summed E-state index contributed by atoms with van der Waals surface area (Å²) in [6.07, 6.45) is 2.92. The van der Waals surface area contributed by atoms with Crippen LogP contribution in [0.5, 0.6) is 0 Å². The third-order valence-electron chi connectivity index (χ3n) is 2.87. The van der Waals surface area contributed by atoms with Crippen molar-refractivity contribution in [3.63, 3.8) is 0 Å². The summed E-state index contributed by atoms with van der Waals surface area (Å²) in [5.41, 5.74) is 0. The van der Waals surface area contributed by atoms with Gasteiger partial charge in [0.05, 0.1) is 5.02 Å². The minimum atomic E-state index is 0.280. The Morgan fingerprint density at radius 1 is 1.29 bits per heavy atom. The Hall–Kier alpha value is -0.670. The number of thioether (sulfide) groups is 1. The lowest BCUT2D eigenvalue weighted by molar-refractivity contribution is -0.129. The van der Waals surface area contributed by atoms with Crippen LogP contribution in [0.25, 0.3) is 0 Å². The van der Waals surface area contributed by atoms with Crippen molar-refractivity contribution in [1.29, 1.82) is 0 Å². The van der Waals surface area contributed by atoms with Crippen molar-refractivity contribution in [2.24, 2.45) is 0 Å². The number of hydrogen-bond acceptors (Lipinski definition) is 2. The van der Waals surface area contributed by atoms with Crippen LogP contribution in [0, 0.1) is 0 Å². The Morgan fingerprint density at radius 2 is 2.00 bits per heavy atom. The predicted molar refractivity (Wildman–Crippen MR) is 72.6 cm³/mol. The molecule has 2 rings (SSSR count). The van der Waals surface area contributed by atoms with Crippen LogP contribution in [0.4, 0.5) is 0 Å². The minimum Gasteiger partial charge on any atom is -0.343 e. The van der Waals surface area contributed by atoms with Crippen molar-refractivity contribution >= 4 is 29.3 Å². The molecule has 0 spiro atoms. The molecule has 1 saturated heterocycles. The third-order valence-corrected chi connectivity index (χ3v) is 4.39. The molecule has 0 atom stereocenters. The van der Waals surface area contributed by atoms with Gasteiger partial charge in [0.2, 0.25) is 5.91 Å². The third kappa shape index (κ3) is 3.65. The topological polar surface area (TPSA) is 20.3 Å². The molecule has 0 bridgehead atoms. The van der Waals surface area contributed by atoms with E-state index in [9.17, 15) is 4.79 Å². The van der Waals surface area contributed by atoms with E-state index in [1.54, 1.807) is 11.8 Å². The first-order chi connectivity index (χ1) is 8.27. The minimum absolute atomic E-state index is 0.280. The maximum atomic E-state index is 11.8. The van der Waals surface area contributed by atoms with Crippen LogP contribution in [-0.2, 0) is 4.79 Å². The number of likely N-dealkylation sites (tertiary alicyclic amines) is 1. The van der Waals surface area contributed by atoms with Gasteiger partial charge in [-0.15, -0.1) is 11.8 Å². The van der Waals surface area contributed by atoms with Gasteiger partial charge >= 0.3 is 0 Å². The lowest BCUT2D eigenvalue weighted by Crippen LogP contribution is -2.27. The molecule has 17 heavy (non-hydrogen) atoms. The fourth-order valence-corrected chi connectivity index (χ4v) is 3.11. The van der Waals surface area contributed by atoms with Crippen LogP contribution in [0.3, 0.4) is 0 Å². The highest BCUT2D eigenvalue weighted by Gasteiger charge is 2.17. The van der Waals surface area contributed by atoms with E-state index in [-0.39, 0.29) is 5.91 Å². The van der Waals surface area contributed by atoms with Crippen LogP contribution in [0.1, 0.15) is 19.3 Å². The summed E-state index contributed by atoms with van der Waals surface area (Å²) in [5, 5.41) is 0.770. The average molecular weight is 270 g/mol. The zero-order valence-corrected chi connectivity index (χ0v) is 11.3. The second-order valence-electron chi connectivity index (χ2n) is 4.12. The standard InChI is InChI=1S/C13H16ClNOS/c14-11-5-1-2-6-12(11)17-10-7-13(16)15-8-3-4-9-15/h1-2,5-6H,3-4,7-10H2. The molecule has 1 fully saturated rings. The molecule has 0 aromatic heterocycles. The highest BCUT2D eigenvalue weighted by molar-refractivity contribution is 7.99. The van der Waals surface area contributed by atoms with Gasteiger partial charge in [-0.3, -0.25) is 4.79 Å². The van der Waals surface area contributed by atoms with Crippen LogP contribution >= 0.6 is 23.4 Å². The molecule has 2 nitrogen and oxygen atoms in total. The van der Waals surface area contributed by atoms with E-state index in [0.29, 0.717) is 6.42 Å². The summed E-state index contributed by atoms with van der Waals surface area (Å²) in [6, 6.07) is 7.76. The summed E-state index contributed by atoms with van der Waals surface area (Å²) >= 11 is 7.71. The van der Waals surface area contributed by atoms with Gasteiger partial charge in [-0.05, 0) is 25.0 Å². The number of rotatable bonds is 4. The quantitative estimate of drug-likeness (QED) is 0.781. The van der Waals surface area contributed by atoms with Gasteiger partial charge in [0.25, 0.3) is 0 Å². The molecule has 0 N–H and O–H groups in total. The fourth-order valence-electron chi connectivity index (χ4n) is 1.93. The van der Waals surface area contributed by atoms with Gasteiger partial charge in [-0.2, -0.15) is 0 Å². The number of halogens is 1. The van der Waals surface area contributed by atoms with Gasteiger partial charge in [-0.1, -0.05) is 23.7 Å². The van der Waals surface area contributed by atoms with E-state index < -0.39 is 0 Å². The summed E-state index contributed by atoms with van der Waals surface area (Å²) < 4.78 is 0. The molecule has 0 unspecified atom stereocenters. The first-order valence-corrected chi connectivity index (χ1v) is 7.29. The molecule has 4 heteroatoms. The summed E-state index contributed by atoms with van der Waals surface area (Å²) in [6.45, 7) is 1.88. The van der Waals surface area contributed by atoms with Crippen molar-refractivity contribution in [1.82, 2.24) is 4.90 Å². The molecule has 1 aromatic carbocycles. The van der Waals surface area contributed by atoms with E-state index in [1.165, 1.54) is 0 Å². The molecule has 0 radical (unpaired) electrons. The molecule has 1 aliphatic rings. The number of amides is 1. The molecular weight excluding hydrogens is 254 g/mol. The fraction of sp³-hybridized carbons (Fsp3) is 0.462. The Kier molecular flexibility index (Phi) is 4.75. The lowest BCUT2D eigenvalue weighted by atomic mass is 10.4. The maximum Gasteiger partial charge on any atom is 0.223 e. The smallest absolute Gasteiger partial charge is 0.223 e. The van der Waals surface area contributed by atoms with Gasteiger partial charge in [0, 0.05) is 30.2 Å². The number of nitrogens with zero attached hydrogens (tertiary/aromatic N) is 1. The summed E-state index contributed by atoms with van der Waals surface area (Å²) in [4.78, 5) is 14.8. The lowest BCUT2D eigenvalue weighted by Gasteiger charge is -2.14. The summed E-state index contributed by atoms with van der Waals surface area (Å²) in [7, 11) is 0. The SMILES string of the molecule is O=C(CCSc1ccccc1Cl)N1CCCC1. The molecule has 1 aromatic rings. The van der Waals surface area contributed by atoms with Crippen molar-refractivity contribution in [2.75, 3.05) is 18.8 Å². The van der Waals surface area contributed by atoms with Gasteiger partial charge in [0.1, 0.15) is 0 Å². The highest BCUT2D eigenvalue weighted by atomic mass is 35.5. The number of carbonyl (C=O) groups excluding carboxylic acids is 1. The normalized spacial score (nSPS) is 15.2. The second kappa shape index (κ2) is 6.31. The zero-order valence-electron chi connectivity index (χ0n) is 9.69. The Labute approximate surface area is 111 Å². The molecular formula is C13H16ClNOS. The maximum absolute atomic E-state index is 11.8. The van der Waals surface area contributed by atoms with Crippen LogP contribution < -0.4 is 0 Å². The molecule has 1 heterocycles. The van der Waals surface area contributed by atoms with Crippen molar-refractivity contribution in [2.45, 2.75) is 24.2 Å². The Bertz CT molecular complexity index is 391. The number of carbonyl (C=O) groups is 1.